The lowest BCUT2D eigenvalue weighted by molar-refractivity contribution is -0.138. The first-order valence-corrected chi connectivity index (χ1v) is 7.22. The molecule has 2 rings (SSSR count). The summed E-state index contributed by atoms with van der Waals surface area (Å²) in [5, 5.41) is 8.95. The lowest BCUT2D eigenvalue weighted by atomic mass is 9.95. The number of hydrogen-bond acceptors (Lipinski definition) is 3. The molecule has 2 aliphatic heterocycles. The van der Waals surface area contributed by atoms with Gasteiger partial charge in [-0.15, -0.1) is 0 Å². The third-order valence-electron chi connectivity index (χ3n) is 4.94. The molecule has 0 spiro atoms. The Kier molecular flexibility index (Phi) is 4.28. The fourth-order valence-corrected chi connectivity index (χ4v) is 3.95. The van der Waals surface area contributed by atoms with Gasteiger partial charge >= 0.3 is 5.97 Å². The Balaban J connectivity index is 1.99. The molecular formula is C14H26N2O2. The lowest BCUT2D eigenvalue weighted by Crippen LogP contribution is -2.51. The first kappa shape index (κ1) is 13.8. The van der Waals surface area contributed by atoms with Gasteiger partial charge in [0.1, 0.15) is 0 Å². The second-order valence-corrected chi connectivity index (χ2v) is 5.95. The van der Waals surface area contributed by atoms with Gasteiger partial charge in [0.2, 0.25) is 0 Å². The largest absolute Gasteiger partial charge is 0.481 e. The number of aliphatic carboxylic acids is 1. The standard InChI is InChI=1S/C14H26N2O2/c1-4-16(10(2)7-14(17)18)13-8-11-5-6-12(9-13)15(11)3/h10-13H,4-9H2,1-3H3,(H,17,18). The van der Waals surface area contributed by atoms with Crippen LogP contribution in [-0.2, 0) is 4.79 Å². The van der Waals surface area contributed by atoms with Crippen molar-refractivity contribution >= 4 is 5.97 Å². The maximum Gasteiger partial charge on any atom is 0.304 e. The molecule has 4 heteroatoms. The minimum absolute atomic E-state index is 0.153. The van der Waals surface area contributed by atoms with Crippen LogP contribution < -0.4 is 0 Å². The van der Waals surface area contributed by atoms with Crippen LogP contribution in [0.5, 0.6) is 0 Å². The number of carbonyl (C=O) groups is 1. The number of carboxylic acids is 1. The number of nitrogens with zero attached hydrogens (tertiary/aromatic N) is 2. The summed E-state index contributed by atoms with van der Waals surface area (Å²) in [4.78, 5) is 15.8. The van der Waals surface area contributed by atoms with Crippen molar-refractivity contribution in [3.63, 3.8) is 0 Å². The van der Waals surface area contributed by atoms with Crippen LogP contribution in [0, 0.1) is 0 Å². The van der Waals surface area contributed by atoms with Crippen molar-refractivity contribution in [1.82, 2.24) is 9.80 Å². The Morgan fingerprint density at radius 1 is 1.39 bits per heavy atom. The molecule has 3 atom stereocenters. The summed E-state index contributed by atoms with van der Waals surface area (Å²) in [5.41, 5.74) is 0. The first-order chi connectivity index (χ1) is 8.52. The fraction of sp³-hybridized carbons (Fsp3) is 0.929. The molecule has 0 aromatic rings. The summed E-state index contributed by atoms with van der Waals surface area (Å²) in [6.45, 7) is 5.17. The van der Waals surface area contributed by atoms with Crippen molar-refractivity contribution in [2.75, 3.05) is 13.6 Å². The van der Waals surface area contributed by atoms with E-state index in [-0.39, 0.29) is 12.5 Å². The second-order valence-electron chi connectivity index (χ2n) is 5.95. The molecule has 0 amide bonds. The third-order valence-corrected chi connectivity index (χ3v) is 4.94. The molecule has 18 heavy (non-hydrogen) atoms. The minimum Gasteiger partial charge on any atom is -0.481 e. The summed E-state index contributed by atoms with van der Waals surface area (Å²) in [7, 11) is 2.25. The van der Waals surface area contributed by atoms with Crippen molar-refractivity contribution in [3.05, 3.63) is 0 Å². The van der Waals surface area contributed by atoms with Gasteiger partial charge in [-0.25, -0.2) is 0 Å². The average Bonchev–Trinajstić information content (AvgIpc) is 2.51. The molecular weight excluding hydrogens is 228 g/mol. The zero-order valence-electron chi connectivity index (χ0n) is 11.8. The quantitative estimate of drug-likeness (QED) is 0.812. The molecule has 0 radical (unpaired) electrons. The van der Waals surface area contributed by atoms with E-state index in [4.69, 9.17) is 5.11 Å². The van der Waals surface area contributed by atoms with Gasteiger partial charge in [0.05, 0.1) is 6.42 Å². The van der Waals surface area contributed by atoms with Gasteiger partial charge in [-0.05, 0) is 46.2 Å². The van der Waals surface area contributed by atoms with Crippen molar-refractivity contribution in [1.29, 1.82) is 0 Å². The highest BCUT2D eigenvalue weighted by molar-refractivity contribution is 5.67. The highest BCUT2D eigenvalue weighted by atomic mass is 16.4. The molecule has 0 aromatic carbocycles. The van der Waals surface area contributed by atoms with Gasteiger partial charge in [0.15, 0.2) is 0 Å². The van der Waals surface area contributed by atoms with E-state index < -0.39 is 5.97 Å². The molecule has 3 unspecified atom stereocenters. The Labute approximate surface area is 110 Å². The topological polar surface area (TPSA) is 43.8 Å². The van der Waals surface area contributed by atoms with Gasteiger partial charge in [-0.1, -0.05) is 6.92 Å². The van der Waals surface area contributed by atoms with Crippen LogP contribution >= 0.6 is 0 Å². The minimum atomic E-state index is -0.683. The Bertz CT molecular complexity index is 294. The van der Waals surface area contributed by atoms with E-state index in [1.54, 1.807) is 0 Å². The van der Waals surface area contributed by atoms with Gasteiger partial charge in [-0.2, -0.15) is 0 Å². The Morgan fingerprint density at radius 3 is 2.39 bits per heavy atom. The molecule has 0 aliphatic carbocycles. The zero-order valence-corrected chi connectivity index (χ0v) is 11.8. The average molecular weight is 254 g/mol. The normalized spacial score (nSPS) is 33.9. The Hall–Kier alpha value is -0.610. The first-order valence-electron chi connectivity index (χ1n) is 7.22. The number of piperidine rings is 1. The monoisotopic (exact) mass is 254 g/mol. The fourth-order valence-electron chi connectivity index (χ4n) is 3.95. The molecule has 0 aromatic heterocycles. The summed E-state index contributed by atoms with van der Waals surface area (Å²) in [5.74, 6) is -0.683. The van der Waals surface area contributed by atoms with Crippen LogP contribution in [0.15, 0.2) is 0 Å². The van der Waals surface area contributed by atoms with Crippen LogP contribution in [-0.4, -0.2) is 58.6 Å². The summed E-state index contributed by atoms with van der Waals surface area (Å²) < 4.78 is 0. The third kappa shape index (κ3) is 2.69. The number of fused-ring (bicyclic) bond motifs is 2. The van der Waals surface area contributed by atoms with E-state index in [0.717, 1.165) is 18.6 Å². The van der Waals surface area contributed by atoms with Gasteiger partial charge in [0, 0.05) is 24.2 Å². The molecule has 2 aliphatic rings. The van der Waals surface area contributed by atoms with E-state index in [2.05, 4.69) is 30.7 Å². The molecule has 2 saturated heterocycles. The van der Waals surface area contributed by atoms with Gasteiger partial charge in [0.25, 0.3) is 0 Å². The molecule has 2 heterocycles. The van der Waals surface area contributed by atoms with E-state index in [1.165, 1.54) is 25.7 Å². The zero-order chi connectivity index (χ0) is 13.3. The second kappa shape index (κ2) is 5.57. The highest BCUT2D eigenvalue weighted by Crippen LogP contribution is 2.36. The van der Waals surface area contributed by atoms with E-state index in [1.807, 2.05) is 0 Å². The lowest BCUT2D eigenvalue weighted by Gasteiger charge is -2.43. The van der Waals surface area contributed by atoms with Gasteiger partial charge < -0.3 is 10.0 Å². The maximum absolute atomic E-state index is 10.9. The molecule has 4 nitrogen and oxygen atoms in total. The summed E-state index contributed by atoms with van der Waals surface area (Å²) in [6.07, 6.45) is 5.33. The van der Waals surface area contributed by atoms with Crippen LogP contribution in [0.25, 0.3) is 0 Å². The van der Waals surface area contributed by atoms with Crippen molar-refractivity contribution < 1.29 is 9.90 Å². The predicted octanol–water partition coefficient (Wildman–Crippen LogP) is 1.80. The van der Waals surface area contributed by atoms with E-state index in [9.17, 15) is 4.79 Å². The number of rotatable bonds is 5. The number of hydrogen-bond donors (Lipinski definition) is 1. The SMILES string of the molecule is CCN(C(C)CC(=O)O)C1CC2CCC(C1)N2C. The molecule has 2 bridgehead atoms. The highest BCUT2D eigenvalue weighted by Gasteiger charge is 2.40. The molecule has 0 saturated carbocycles. The van der Waals surface area contributed by atoms with Crippen molar-refractivity contribution in [2.45, 2.75) is 70.1 Å². The van der Waals surface area contributed by atoms with Gasteiger partial charge in [-0.3, -0.25) is 9.69 Å². The summed E-state index contributed by atoms with van der Waals surface area (Å²) in [6, 6.07) is 2.18. The Morgan fingerprint density at radius 2 is 1.94 bits per heavy atom. The van der Waals surface area contributed by atoms with Crippen molar-refractivity contribution in [2.24, 2.45) is 0 Å². The number of carboxylic acid groups (broad SMARTS) is 1. The predicted molar refractivity (Wildman–Crippen MR) is 71.7 cm³/mol. The van der Waals surface area contributed by atoms with Crippen molar-refractivity contribution in [3.8, 4) is 0 Å². The maximum atomic E-state index is 10.9. The van der Waals surface area contributed by atoms with Crippen LogP contribution in [0.4, 0.5) is 0 Å². The smallest absolute Gasteiger partial charge is 0.304 e. The van der Waals surface area contributed by atoms with Crippen LogP contribution in [0.1, 0.15) is 46.0 Å². The molecule has 104 valence electrons. The van der Waals surface area contributed by atoms with Crippen LogP contribution in [0.3, 0.4) is 0 Å². The summed E-state index contributed by atoms with van der Waals surface area (Å²) >= 11 is 0. The molecule has 1 N–H and O–H groups in total. The molecule has 2 fully saturated rings. The van der Waals surface area contributed by atoms with E-state index in [0.29, 0.717) is 6.04 Å². The van der Waals surface area contributed by atoms with E-state index >= 15 is 0 Å². The van der Waals surface area contributed by atoms with Crippen LogP contribution in [0.2, 0.25) is 0 Å².